The summed E-state index contributed by atoms with van der Waals surface area (Å²) in [6.07, 6.45) is 0.685. The lowest BCUT2D eigenvalue weighted by atomic mass is 10.3. The summed E-state index contributed by atoms with van der Waals surface area (Å²) in [4.78, 5) is 10.1. The number of benzene rings is 1. The number of nitrogens with zero attached hydrogens (tertiary/aromatic N) is 2. The molecule has 8 heteroatoms. The number of hydrogen-bond acceptors (Lipinski definition) is 5. The van der Waals surface area contributed by atoms with Crippen LogP contribution in [0.3, 0.4) is 0 Å². The quantitative estimate of drug-likeness (QED) is 0.663. The van der Waals surface area contributed by atoms with Gasteiger partial charge in [0.05, 0.1) is 4.92 Å². The fraction of sp³-hybridized carbons (Fsp3) is 0.500. The summed E-state index contributed by atoms with van der Waals surface area (Å²) in [6.45, 7) is 3.44. The van der Waals surface area contributed by atoms with Crippen molar-refractivity contribution in [2.45, 2.75) is 24.3 Å². The van der Waals surface area contributed by atoms with Gasteiger partial charge >= 0.3 is 0 Å². The standard InChI is InChI=1S/C12H17N3O4S/c1-10-9-13-7-4-8-14(10)20(18,19)12-6-3-2-5-11(12)15(16)17/h2-3,5-6,10,13H,4,7-9H2,1H3. The van der Waals surface area contributed by atoms with Gasteiger partial charge in [0.1, 0.15) is 0 Å². The third-order valence-corrected chi connectivity index (χ3v) is 5.37. The molecule has 0 aromatic heterocycles. The van der Waals surface area contributed by atoms with Gasteiger partial charge < -0.3 is 5.32 Å². The van der Waals surface area contributed by atoms with E-state index in [-0.39, 0.29) is 16.6 Å². The maximum absolute atomic E-state index is 12.7. The number of hydrogen-bond donors (Lipinski definition) is 1. The first-order valence-electron chi connectivity index (χ1n) is 6.40. The molecule has 1 saturated heterocycles. The monoisotopic (exact) mass is 299 g/mol. The molecule has 1 aromatic rings. The van der Waals surface area contributed by atoms with Gasteiger partial charge in [-0.15, -0.1) is 0 Å². The summed E-state index contributed by atoms with van der Waals surface area (Å²) < 4.78 is 26.7. The SMILES string of the molecule is CC1CNCCCN1S(=O)(=O)c1ccccc1[N+](=O)[O-]. The van der Waals surface area contributed by atoms with Crippen molar-refractivity contribution in [3.8, 4) is 0 Å². The molecule has 0 saturated carbocycles. The predicted octanol–water partition coefficient (Wildman–Crippen LogP) is 0.967. The van der Waals surface area contributed by atoms with Crippen LogP contribution in [0.2, 0.25) is 0 Å². The zero-order valence-electron chi connectivity index (χ0n) is 11.2. The highest BCUT2D eigenvalue weighted by Crippen LogP contribution is 2.27. The van der Waals surface area contributed by atoms with Gasteiger partial charge in [0.15, 0.2) is 4.90 Å². The van der Waals surface area contributed by atoms with Crippen LogP contribution in [0.25, 0.3) is 0 Å². The van der Waals surface area contributed by atoms with E-state index in [1.807, 2.05) is 0 Å². The first-order chi connectivity index (χ1) is 9.44. The van der Waals surface area contributed by atoms with E-state index in [9.17, 15) is 18.5 Å². The average molecular weight is 299 g/mol. The Morgan fingerprint density at radius 2 is 2.10 bits per heavy atom. The van der Waals surface area contributed by atoms with Gasteiger partial charge in [-0.3, -0.25) is 10.1 Å². The Kier molecular flexibility index (Phi) is 4.36. The first-order valence-corrected chi connectivity index (χ1v) is 7.84. The highest BCUT2D eigenvalue weighted by Gasteiger charge is 2.34. The van der Waals surface area contributed by atoms with Crippen molar-refractivity contribution in [3.05, 3.63) is 34.4 Å². The molecule has 0 radical (unpaired) electrons. The molecule has 110 valence electrons. The van der Waals surface area contributed by atoms with Crippen LogP contribution in [0.4, 0.5) is 5.69 Å². The first kappa shape index (κ1) is 14.9. The minimum atomic E-state index is -3.86. The van der Waals surface area contributed by atoms with Crippen molar-refractivity contribution in [1.82, 2.24) is 9.62 Å². The molecule has 0 bridgehead atoms. The molecule has 1 atom stereocenters. The summed E-state index contributed by atoms with van der Waals surface area (Å²) >= 11 is 0. The van der Waals surface area contributed by atoms with E-state index >= 15 is 0 Å². The number of sulfonamides is 1. The number of para-hydroxylation sites is 1. The molecular weight excluding hydrogens is 282 g/mol. The number of nitro groups is 1. The third-order valence-electron chi connectivity index (χ3n) is 3.31. The minimum Gasteiger partial charge on any atom is -0.315 e. The van der Waals surface area contributed by atoms with Crippen LogP contribution in [0.15, 0.2) is 29.2 Å². The maximum atomic E-state index is 12.7. The fourth-order valence-electron chi connectivity index (χ4n) is 2.30. The molecule has 1 aromatic carbocycles. The van der Waals surface area contributed by atoms with Crippen LogP contribution in [-0.4, -0.2) is 43.3 Å². The molecule has 1 heterocycles. The van der Waals surface area contributed by atoms with Crippen molar-refractivity contribution < 1.29 is 13.3 Å². The summed E-state index contributed by atoms with van der Waals surface area (Å²) in [6, 6.07) is 5.24. The van der Waals surface area contributed by atoms with Gasteiger partial charge in [0.25, 0.3) is 5.69 Å². The largest absolute Gasteiger partial charge is 0.315 e. The lowest BCUT2D eigenvalue weighted by molar-refractivity contribution is -0.387. The molecule has 1 fully saturated rings. The van der Waals surface area contributed by atoms with Crippen molar-refractivity contribution in [1.29, 1.82) is 0 Å². The Bertz CT molecular complexity index is 602. The van der Waals surface area contributed by atoms with Crippen LogP contribution in [0, 0.1) is 10.1 Å². The molecule has 0 amide bonds. The lowest BCUT2D eigenvalue weighted by Gasteiger charge is -2.25. The molecule has 20 heavy (non-hydrogen) atoms. The fourth-order valence-corrected chi connectivity index (χ4v) is 4.13. The highest BCUT2D eigenvalue weighted by molar-refractivity contribution is 7.89. The normalized spacial score (nSPS) is 21.4. The second-order valence-corrected chi connectivity index (χ2v) is 6.61. The lowest BCUT2D eigenvalue weighted by Crippen LogP contribution is -2.41. The molecule has 0 aliphatic carbocycles. The summed E-state index contributed by atoms with van der Waals surface area (Å²) in [7, 11) is -3.86. The Balaban J connectivity index is 2.46. The van der Waals surface area contributed by atoms with Crippen molar-refractivity contribution in [2.24, 2.45) is 0 Å². The van der Waals surface area contributed by atoms with E-state index in [0.717, 1.165) is 6.54 Å². The Labute approximate surface area is 117 Å². The van der Waals surface area contributed by atoms with Crippen LogP contribution in [-0.2, 0) is 10.0 Å². The second-order valence-electron chi connectivity index (χ2n) is 4.75. The Morgan fingerprint density at radius 1 is 1.40 bits per heavy atom. The van der Waals surface area contributed by atoms with Crippen LogP contribution in [0.1, 0.15) is 13.3 Å². The van der Waals surface area contributed by atoms with E-state index in [0.29, 0.717) is 19.5 Å². The molecule has 1 aliphatic rings. The van der Waals surface area contributed by atoms with Crippen molar-refractivity contribution in [2.75, 3.05) is 19.6 Å². The van der Waals surface area contributed by atoms with E-state index in [2.05, 4.69) is 5.32 Å². The summed E-state index contributed by atoms with van der Waals surface area (Å²) in [5.74, 6) is 0. The second kappa shape index (κ2) is 5.86. The zero-order valence-corrected chi connectivity index (χ0v) is 12.0. The Morgan fingerprint density at radius 3 is 2.80 bits per heavy atom. The van der Waals surface area contributed by atoms with E-state index in [1.165, 1.54) is 28.6 Å². The average Bonchev–Trinajstić information content (AvgIpc) is 2.63. The topological polar surface area (TPSA) is 92.6 Å². The van der Waals surface area contributed by atoms with Gasteiger partial charge in [-0.1, -0.05) is 12.1 Å². The molecule has 1 aliphatic heterocycles. The molecule has 2 rings (SSSR count). The number of nitrogens with one attached hydrogen (secondary N) is 1. The molecule has 7 nitrogen and oxygen atoms in total. The van der Waals surface area contributed by atoms with Crippen LogP contribution >= 0.6 is 0 Å². The minimum absolute atomic E-state index is 0.234. The molecule has 1 unspecified atom stereocenters. The Hall–Kier alpha value is -1.51. The van der Waals surface area contributed by atoms with E-state index in [1.54, 1.807) is 6.92 Å². The molecule has 0 spiro atoms. The zero-order chi connectivity index (χ0) is 14.8. The van der Waals surface area contributed by atoms with Crippen molar-refractivity contribution >= 4 is 15.7 Å². The number of nitro benzene ring substituents is 1. The van der Waals surface area contributed by atoms with Gasteiger partial charge in [0, 0.05) is 25.2 Å². The summed E-state index contributed by atoms with van der Waals surface area (Å²) in [5.41, 5.74) is -0.378. The molecular formula is C12H17N3O4S. The van der Waals surface area contributed by atoms with E-state index in [4.69, 9.17) is 0 Å². The molecule has 1 N–H and O–H groups in total. The van der Waals surface area contributed by atoms with Gasteiger partial charge in [-0.25, -0.2) is 8.42 Å². The summed E-state index contributed by atoms with van der Waals surface area (Å²) in [5, 5.41) is 14.2. The van der Waals surface area contributed by atoms with Crippen molar-refractivity contribution in [3.63, 3.8) is 0 Å². The highest BCUT2D eigenvalue weighted by atomic mass is 32.2. The smallest absolute Gasteiger partial charge is 0.289 e. The number of rotatable bonds is 3. The van der Waals surface area contributed by atoms with Gasteiger partial charge in [-0.05, 0) is 26.0 Å². The maximum Gasteiger partial charge on any atom is 0.289 e. The van der Waals surface area contributed by atoms with Gasteiger partial charge in [-0.2, -0.15) is 4.31 Å². The predicted molar refractivity (Wildman–Crippen MR) is 73.9 cm³/mol. The van der Waals surface area contributed by atoms with Crippen LogP contribution in [0.5, 0.6) is 0 Å². The van der Waals surface area contributed by atoms with Gasteiger partial charge in [0.2, 0.25) is 10.0 Å². The van der Waals surface area contributed by atoms with E-state index < -0.39 is 14.9 Å². The van der Waals surface area contributed by atoms with Crippen LogP contribution < -0.4 is 5.32 Å². The third kappa shape index (κ3) is 2.82.